The van der Waals surface area contributed by atoms with Gasteiger partial charge in [0.1, 0.15) is 19.3 Å². The zero-order chi connectivity index (χ0) is 68.7. The molecule has 0 amide bonds. The van der Waals surface area contributed by atoms with Gasteiger partial charge in [0, 0.05) is 25.7 Å². The van der Waals surface area contributed by atoms with Crippen LogP contribution in [0.1, 0.15) is 376 Å². The molecule has 17 nitrogen and oxygen atoms in total. The summed E-state index contributed by atoms with van der Waals surface area (Å²) in [7, 11) is -9.91. The van der Waals surface area contributed by atoms with E-state index >= 15 is 0 Å². The van der Waals surface area contributed by atoms with E-state index in [1.807, 2.05) is 0 Å². The van der Waals surface area contributed by atoms with Crippen molar-refractivity contribution >= 4 is 39.5 Å². The third kappa shape index (κ3) is 68.4. The monoisotopic (exact) mass is 1370 g/mol. The molecular formula is C74H144O17P2. The maximum atomic E-state index is 13.1. The second-order valence-electron chi connectivity index (χ2n) is 28.1. The fourth-order valence-electron chi connectivity index (χ4n) is 11.2. The first kappa shape index (κ1) is 91.1. The standard InChI is InChI=1S/C74H144O17P2/c1-8-9-10-11-12-13-14-15-16-17-21-24-27-34-41-48-55-71(76)84-61-69(90-73(78)57-50-43-35-28-25-22-19-18-20-23-26-31-38-45-52-65(2)3)63-88-92(80,81)86-59-68(75)60-87-93(82,83)89-64-70(91-74(79)58-51-44-37-30-33-40-47-54-67(6)7)62-85-72(77)56-49-42-36-29-32-39-46-53-66(4)5/h65-70,75H,8-64H2,1-7H3,(H,80,81)(H,82,83)/t68-,69-,70-/m1/s1. The molecule has 0 rings (SSSR count). The Kier molecular flexibility index (Phi) is 63.4. The van der Waals surface area contributed by atoms with E-state index in [0.717, 1.165) is 102 Å². The highest BCUT2D eigenvalue weighted by Crippen LogP contribution is 2.45. The zero-order valence-electron chi connectivity index (χ0n) is 60.7. The fraction of sp³-hybridized carbons (Fsp3) is 0.946. The van der Waals surface area contributed by atoms with Crippen molar-refractivity contribution in [2.75, 3.05) is 39.6 Å². The molecule has 0 radical (unpaired) electrons. The summed E-state index contributed by atoms with van der Waals surface area (Å²) in [5.74, 6) is 0.0725. The van der Waals surface area contributed by atoms with Gasteiger partial charge in [0.05, 0.1) is 26.4 Å². The number of esters is 4. The van der Waals surface area contributed by atoms with Crippen molar-refractivity contribution in [1.82, 2.24) is 0 Å². The highest BCUT2D eigenvalue weighted by Gasteiger charge is 2.30. The van der Waals surface area contributed by atoms with Gasteiger partial charge >= 0.3 is 39.5 Å². The van der Waals surface area contributed by atoms with Gasteiger partial charge in [-0.2, -0.15) is 0 Å². The SMILES string of the molecule is CCCCCCCCCCCCCCCCCCC(=O)OC[C@H](COP(=O)(O)OC[C@@H](O)COP(=O)(O)OC[C@@H](COC(=O)CCCCCCCCCC(C)C)OC(=O)CCCCCCCCCC(C)C)OC(=O)CCCCCCCCCCCCCCCCC(C)C. The average molecular weight is 1370 g/mol. The molecule has 0 aliphatic carbocycles. The van der Waals surface area contributed by atoms with Gasteiger partial charge in [0.15, 0.2) is 12.2 Å². The molecule has 2 unspecified atom stereocenters. The van der Waals surface area contributed by atoms with Crippen molar-refractivity contribution in [2.45, 2.75) is 394 Å². The molecule has 0 aromatic carbocycles. The van der Waals surface area contributed by atoms with Crippen LogP contribution < -0.4 is 0 Å². The van der Waals surface area contributed by atoms with E-state index in [1.165, 1.54) is 180 Å². The summed E-state index contributed by atoms with van der Waals surface area (Å²) in [5.41, 5.74) is 0. The van der Waals surface area contributed by atoms with Crippen LogP contribution in [0.4, 0.5) is 0 Å². The quantitative estimate of drug-likeness (QED) is 0.0222. The largest absolute Gasteiger partial charge is 0.472 e. The predicted molar refractivity (Wildman–Crippen MR) is 377 cm³/mol. The molecule has 0 spiro atoms. The van der Waals surface area contributed by atoms with Gasteiger partial charge in [0.2, 0.25) is 0 Å². The van der Waals surface area contributed by atoms with Crippen LogP contribution in [-0.4, -0.2) is 96.7 Å². The summed E-state index contributed by atoms with van der Waals surface area (Å²) in [6.45, 7) is 11.8. The molecule has 0 aromatic heterocycles. The number of hydrogen-bond donors (Lipinski definition) is 3. The topological polar surface area (TPSA) is 237 Å². The summed E-state index contributed by atoms with van der Waals surface area (Å²) in [4.78, 5) is 72.7. The van der Waals surface area contributed by atoms with Gasteiger partial charge in [0.25, 0.3) is 0 Å². The van der Waals surface area contributed by atoms with E-state index in [-0.39, 0.29) is 25.7 Å². The van der Waals surface area contributed by atoms with Crippen LogP contribution in [0.25, 0.3) is 0 Å². The number of unbranched alkanes of at least 4 members (excludes halogenated alkanes) is 40. The molecule has 0 fully saturated rings. The summed E-state index contributed by atoms with van der Waals surface area (Å²) >= 11 is 0. The maximum Gasteiger partial charge on any atom is 0.472 e. The summed E-state index contributed by atoms with van der Waals surface area (Å²) in [6, 6.07) is 0. The number of carbonyl (C=O) groups is 4. The molecule has 0 aromatic rings. The molecule has 0 aliphatic rings. The predicted octanol–water partition coefficient (Wildman–Crippen LogP) is 21.4. The minimum Gasteiger partial charge on any atom is -0.462 e. The normalized spacial score (nSPS) is 14.1. The first-order valence-electron chi connectivity index (χ1n) is 38.3. The number of aliphatic hydroxyl groups excluding tert-OH is 1. The molecule has 0 heterocycles. The van der Waals surface area contributed by atoms with Gasteiger partial charge in [-0.3, -0.25) is 37.3 Å². The van der Waals surface area contributed by atoms with Crippen molar-refractivity contribution < 1.29 is 80.2 Å². The molecule has 0 saturated heterocycles. The van der Waals surface area contributed by atoms with Gasteiger partial charge in [-0.05, 0) is 43.4 Å². The van der Waals surface area contributed by atoms with E-state index in [1.54, 1.807) is 0 Å². The smallest absolute Gasteiger partial charge is 0.462 e. The van der Waals surface area contributed by atoms with Gasteiger partial charge in [-0.15, -0.1) is 0 Å². The zero-order valence-corrected chi connectivity index (χ0v) is 62.5. The number of ether oxygens (including phenoxy) is 4. The van der Waals surface area contributed by atoms with Crippen LogP contribution in [-0.2, 0) is 65.4 Å². The molecule has 0 saturated carbocycles. The van der Waals surface area contributed by atoms with Crippen LogP contribution in [0.3, 0.4) is 0 Å². The number of phosphoric acid groups is 2. The van der Waals surface area contributed by atoms with Gasteiger partial charge < -0.3 is 33.8 Å². The number of phosphoric ester groups is 2. The number of aliphatic hydroxyl groups is 1. The Morgan fingerprint density at radius 1 is 0.290 bits per heavy atom. The summed E-state index contributed by atoms with van der Waals surface area (Å²) < 4.78 is 68.4. The van der Waals surface area contributed by atoms with Crippen molar-refractivity contribution in [3.63, 3.8) is 0 Å². The number of carbonyl (C=O) groups excluding carboxylic acids is 4. The fourth-order valence-corrected chi connectivity index (χ4v) is 12.8. The van der Waals surface area contributed by atoms with E-state index in [9.17, 15) is 43.2 Å². The van der Waals surface area contributed by atoms with Crippen molar-refractivity contribution in [2.24, 2.45) is 17.8 Å². The van der Waals surface area contributed by atoms with Crippen LogP contribution in [0.5, 0.6) is 0 Å². The second-order valence-corrected chi connectivity index (χ2v) is 31.0. The Balaban J connectivity index is 5.23. The molecular weight excluding hydrogens is 1220 g/mol. The minimum atomic E-state index is -4.96. The van der Waals surface area contributed by atoms with Crippen LogP contribution >= 0.6 is 15.6 Å². The Bertz CT molecular complexity index is 1820. The second kappa shape index (κ2) is 64.7. The molecule has 19 heteroatoms. The lowest BCUT2D eigenvalue weighted by Gasteiger charge is -2.21. The Morgan fingerprint density at radius 3 is 0.731 bits per heavy atom. The Labute approximate surface area is 568 Å². The molecule has 3 N–H and O–H groups in total. The first-order chi connectivity index (χ1) is 44.7. The average Bonchev–Trinajstić information content (AvgIpc) is 1.36. The van der Waals surface area contributed by atoms with E-state index in [4.69, 9.17) is 37.0 Å². The molecule has 552 valence electrons. The molecule has 0 aliphatic heterocycles. The van der Waals surface area contributed by atoms with Crippen LogP contribution in [0.15, 0.2) is 0 Å². The summed E-state index contributed by atoms with van der Waals surface area (Å²) in [6.07, 6.45) is 50.2. The van der Waals surface area contributed by atoms with E-state index < -0.39 is 97.5 Å². The Morgan fingerprint density at radius 2 is 0.495 bits per heavy atom. The third-order valence-corrected chi connectivity index (χ3v) is 19.0. The summed E-state index contributed by atoms with van der Waals surface area (Å²) in [5, 5.41) is 10.6. The third-order valence-electron chi connectivity index (χ3n) is 17.1. The molecule has 5 atom stereocenters. The van der Waals surface area contributed by atoms with Crippen molar-refractivity contribution in [3.05, 3.63) is 0 Å². The minimum absolute atomic E-state index is 0.103. The molecule has 93 heavy (non-hydrogen) atoms. The highest BCUT2D eigenvalue weighted by atomic mass is 31.2. The van der Waals surface area contributed by atoms with Gasteiger partial charge in [-0.25, -0.2) is 9.13 Å². The Hall–Kier alpha value is -1.94. The van der Waals surface area contributed by atoms with Crippen molar-refractivity contribution in [1.29, 1.82) is 0 Å². The maximum absolute atomic E-state index is 13.1. The lowest BCUT2D eigenvalue weighted by atomic mass is 10.0. The van der Waals surface area contributed by atoms with Gasteiger partial charge in [-0.1, -0.05) is 325 Å². The van der Waals surface area contributed by atoms with Crippen molar-refractivity contribution in [3.8, 4) is 0 Å². The lowest BCUT2D eigenvalue weighted by Crippen LogP contribution is -2.30. The highest BCUT2D eigenvalue weighted by molar-refractivity contribution is 7.47. The molecule has 0 bridgehead atoms. The van der Waals surface area contributed by atoms with E-state index in [0.29, 0.717) is 37.5 Å². The lowest BCUT2D eigenvalue weighted by molar-refractivity contribution is -0.161. The first-order valence-corrected chi connectivity index (χ1v) is 41.3. The number of rotatable bonds is 72. The van der Waals surface area contributed by atoms with Crippen LogP contribution in [0, 0.1) is 17.8 Å². The van der Waals surface area contributed by atoms with E-state index in [2.05, 4.69) is 48.5 Å². The number of hydrogen-bond acceptors (Lipinski definition) is 15. The van der Waals surface area contributed by atoms with Crippen LogP contribution in [0.2, 0.25) is 0 Å².